The van der Waals surface area contributed by atoms with E-state index in [1.54, 1.807) is 0 Å². The maximum absolute atomic E-state index is 12.4. The number of benzene rings is 1. The van der Waals surface area contributed by atoms with Crippen LogP contribution in [0, 0.1) is 12.8 Å². The van der Waals surface area contributed by atoms with Gasteiger partial charge in [0, 0.05) is 23.0 Å². The number of nitrogens with zero attached hydrogens (tertiary/aromatic N) is 1. The van der Waals surface area contributed by atoms with Gasteiger partial charge in [0.25, 0.3) is 0 Å². The molecule has 3 nitrogen and oxygen atoms in total. The topological polar surface area (TPSA) is 29.5 Å². The molecule has 0 N–H and O–H groups in total. The molecule has 0 saturated carbocycles. The minimum absolute atomic E-state index is 0.0856. The molecule has 0 aliphatic carbocycles. The van der Waals surface area contributed by atoms with Crippen LogP contribution in [0.2, 0.25) is 5.02 Å². The molecule has 3 rings (SSSR count). The number of carbonyl (C=O) groups is 1. The summed E-state index contributed by atoms with van der Waals surface area (Å²) in [6, 6.07) is 7.06. The van der Waals surface area contributed by atoms with Crippen molar-refractivity contribution in [3.8, 4) is 0 Å². The highest BCUT2D eigenvalue weighted by Gasteiger charge is 2.49. The van der Waals surface area contributed by atoms with Gasteiger partial charge in [-0.15, -0.1) is 0 Å². The molecule has 0 unspecified atom stereocenters. The van der Waals surface area contributed by atoms with E-state index < -0.39 is 0 Å². The Balaban J connectivity index is 1.98. The minimum atomic E-state index is -0.0890. The SMILES string of the molecule is COC(=O)[C@H]1[C@@H](c2ccc(C)c(Cl)c2)C[C@@H]2CC[C@H]1N2C. The largest absolute Gasteiger partial charge is 0.469 e. The number of hydrogen-bond donors (Lipinski definition) is 0. The zero-order valence-electron chi connectivity index (χ0n) is 12.8. The van der Waals surface area contributed by atoms with Crippen LogP contribution in [-0.2, 0) is 9.53 Å². The van der Waals surface area contributed by atoms with E-state index in [1.165, 1.54) is 19.1 Å². The number of methoxy groups -OCH3 is 1. The van der Waals surface area contributed by atoms with Crippen LogP contribution in [0.4, 0.5) is 0 Å². The number of rotatable bonds is 2. The van der Waals surface area contributed by atoms with Crippen LogP contribution in [-0.4, -0.2) is 37.1 Å². The Morgan fingerprint density at radius 3 is 2.81 bits per heavy atom. The van der Waals surface area contributed by atoms with Crippen molar-refractivity contribution in [3.63, 3.8) is 0 Å². The molecular formula is C17H22ClNO2. The van der Waals surface area contributed by atoms with Gasteiger partial charge in [-0.25, -0.2) is 0 Å². The van der Waals surface area contributed by atoms with Crippen molar-refractivity contribution < 1.29 is 9.53 Å². The highest BCUT2D eigenvalue weighted by molar-refractivity contribution is 6.31. The summed E-state index contributed by atoms with van der Waals surface area (Å²) in [5.74, 6) is 0.0377. The predicted molar refractivity (Wildman–Crippen MR) is 83.6 cm³/mol. The molecule has 1 aromatic carbocycles. The van der Waals surface area contributed by atoms with Crippen molar-refractivity contribution in [2.24, 2.45) is 5.92 Å². The van der Waals surface area contributed by atoms with Crippen LogP contribution in [0.5, 0.6) is 0 Å². The Kier molecular flexibility index (Phi) is 3.98. The van der Waals surface area contributed by atoms with Crippen LogP contribution >= 0.6 is 11.6 Å². The molecular weight excluding hydrogens is 286 g/mol. The Hall–Kier alpha value is -1.06. The molecule has 4 atom stereocenters. The lowest BCUT2D eigenvalue weighted by molar-refractivity contribution is -0.150. The molecule has 0 amide bonds. The fourth-order valence-corrected chi connectivity index (χ4v) is 4.30. The molecule has 1 aromatic rings. The number of halogens is 1. The summed E-state index contributed by atoms with van der Waals surface area (Å²) < 4.78 is 5.10. The second-order valence-electron chi connectivity index (χ2n) is 6.36. The number of piperidine rings is 1. The summed E-state index contributed by atoms with van der Waals surface area (Å²) in [4.78, 5) is 14.7. The van der Waals surface area contributed by atoms with E-state index in [1.807, 2.05) is 19.1 Å². The van der Waals surface area contributed by atoms with Gasteiger partial charge in [-0.3, -0.25) is 9.69 Å². The van der Waals surface area contributed by atoms with Crippen molar-refractivity contribution in [3.05, 3.63) is 34.3 Å². The van der Waals surface area contributed by atoms with E-state index in [4.69, 9.17) is 16.3 Å². The van der Waals surface area contributed by atoms with Gasteiger partial charge in [0.15, 0.2) is 0 Å². The van der Waals surface area contributed by atoms with E-state index in [0.717, 1.165) is 23.4 Å². The lowest BCUT2D eigenvalue weighted by Gasteiger charge is -2.41. The molecule has 114 valence electrons. The molecule has 2 aliphatic rings. The van der Waals surface area contributed by atoms with Gasteiger partial charge in [0.2, 0.25) is 0 Å². The Labute approximate surface area is 131 Å². The van der Waals surface area contributed by atoms with Crippen LogP contribution in [0.15, 0.2) is 18.2 Å². The summed E-state index contributed by atoms with van der Waals surface area (Å²) >= 11 is 6.28. The normalized spacial score (nSPS) is 32.2. The van der Waals surface area contributed by atoms with Crippen LogP contribution < -0.4 is 0 Å². The highest BCUT2D eigenvalue weighted by Crippen LogP contribution is 2.47. The summed E-state index contributed by atoms with van der Waals surface area (Å²) in [7, 11) is 3.62. The van der Waals surface area contributed by atoms with Gasteiger partial charge in [-0.1, -0.05) is 23.7 Å². The number of hydrogen-bond acceptors (Lipinski definition) is 3. The summed E-state index contributed by atoms with van der Waals surface area (Å²) in [5.41, 5.74) is 2.25. The van der Waals surface area contributed by atoms with Crippen LogP contribution in [0.1, 0.15) is 36.3 Å². The van der Waals surface area contributed by atoms with E-state index >= 15 is 0 Å². The second-order valence-corrected chi connectivity index (χ2v) is 6.77. The average molecular weight is 308 g/mol. The maximum Gasteiger partial charge on any atom is 0.310 e. The summed E-state index contributed by atoms with van der Waals surface area (Å²) in [6.45, 7) is 2.00. The van der Waals surface area contributed by atoms with Crippen molar-refractivity contribution in [2.45, 2.75) is 44.2 Å². The average Bonchev–Trinajstić information content (AvgIpc) is 2.72. The first-order chi connectivity index (χ1) is 10.0. The number of carbonyl (C=O) groups excluding carboxylic acids is 1. The maximum atomic E-state index is 12.4. The lowest BCUT2D eigenvalue weighted by atomic mass is 9.76. The van der Waals surface area contributed by atoms with Crippen molar-refractivity contribution in [1.82, 2.24) is 4.90 Å². The zero-order chi connectivity index (χ0) is 15.1. The standard InChI is InChI=1S/C17H22ClNO2/c1-10-4-5-11(8-14(10)18)13-9-12-6-7-15(19(12)2)16(13)17(20)21-3/h4-5,8,12-13,15-16H,6-7,9H2,1-3H3/t12-,13+,15+,16-/m0/s1. The Morgan fingerprint density at radius 1 is 1.38 bits per heavy atom. The molecule has 2 bridgehead atoms. The third-order valence-electron chi connectivity index (χ3n) is 5.37. The fraction of sp³-hybridized carbons (Fsp3) is 0.588. The number of ether oxygens (including phenoxy) is 1. The number of fused-ring (bicyclic) bond motifs is 2. The summed E-state index contributed by atoms with van der Waals surface area (Å²) in [5, 5.41) is 0.780. The highest BCUT2D eigenvalue weighted by atomic mass is 35.5. The molecule has 0 radical (unpaired) electrons. The van der Waals surface area contributed by atoms with Crippen molar-refractivity contribution in [2.75, 3.05) is 14.2 Å². The monoisotopic (exact) mass is 307 g/mol. The predicted octanol–water partition coefficient (Wildman–Crippen LogP) is 3.39. The van der Waals surface area contributed by atoms with Gasteiger partial charge >= 0.3 is 5.97 Å². The number of aryl methyl sites for hydroxylation is 1. The van der Waals surface area contributed by atoms with E-state index in [9.17, 15) is 4.79 Å². The lowest BCUT2D eigenvalue weighted by Crippen LogP contribution is -2.49. The van der Waals surface area contributed by atoms with Gasteiger partial charge < -0.3 is 4.74 Å². The smallest absolute Gasteiger partial charge is 0.310 e. The Bertz CT molecular complexity index is 560. The summed E-state index contributed by atoms with van der Waals surface area (Å²) in [6.07, 6.45) is 3.26. The van der Waals surface area contributed by atoms with E-state index in [0.29, 0.717) is 12.1 Å². The molecule has 4 heteroatoms. The van der Waals surface area contributed by atoms with Crippen LogP contribution in [0.3, 0.4) is 0 Å². The molecule has 0 spiro atoms. The van der Waals surface area contributed by atoms with Gasteiger partial charge in [0.05, 0.1) is 13.0 Å². The molecule has 2 heterocycles. The Morgan fingerprint density at radius 2 is 2.14 bits per heavy atom. The first kappa shape index (κ1) is 14.9. The molecule has 2 fully saturated rings. The molecule has 2 aliphatic heterocycles. The van der Waals surface area contributed by atoms with Gasteiger partial charge in [-0.05, 0) is 50.4 Å². The van der Waals surface area contributed by atoms with Gasteiger partial charge in [0.1, 0.15) is 0 Å². The van der Waals surface area contributed by atoms with E-state index in [2.05, 4.69) is 18.0 Å². The fourth-order valence-electron chi connectivity index (χ4n) is 4.11. The first-order valence-electron chi connectivity index (χ1n) is 7.58. The second kappa shape index (κ2) is 5.62. The van der Waals surface area contributed by atoms with Crippen molar-refractivity contribution in [1.29, 1.82) is 0 Å². The minimum Gasteiger partial charge on any atom is -0.469 e. The van der Waals surface area contributed by atoms with Gasteiger partial charge in [-0.2, -0.15) is 0 Å². The quantitative estimate of drug-likeness (QED) is 0.784. The first-order valence-corrected chi connectivity index (χ1v) is 7.96. The van der Waals surface area contributed by atoms with Crippen molar-refractivity contribution >= 4 is 17.6 Å². The molecule has 21 heavy (non-hydrogen) atoms. The third kappa shape index (κ3) is 2.47. The molecule has 0 aromatic heterocycles. The van der Waals surface area contributed by atoms with Crippen LogP contribution in [0.25, 0.3) is 0 Å². The van der Waals surface area contributed by atoms with E-state index in [-0.39, 0.29) is 17.8 Å². The number of esters is 1. The third-order valence-corrected chi connectivity index (χ3v) is 5.77. The zero-order valence-corrected chi connectivity index (χ0v) is 13.6. The molecule has 2 saturated heterocycles.